The van der Waals surface area contributed by atoms with E-state index in [9.17, 15) is 0 Å². The second-order valence-corrected chi connectivity index (χ2v) is 6.01. The number of aromatic nitrogens is 3. The second-order valence-electron chi connectivity index (χ2n) is 6.01. The molecule has 1 atom stereocenters. The first kappa shape index (κ1) is 14.3. The van der Waals surface area contributed by atoms with E-state index < -0.39 is 0 Å². The zero-order chi connectivity index (χ0) is 14.7. The van der Waals surface area contributed by atoms with Crippen LogP contribution >= 0.6 is 0 Å². The van der Waals surface area contributed by atoms with Crippen LogP contribution in [0.1, 0.15) is 29.9 Å². The van der Waals surface area contributed by atoms with Crippen LogP contribution in [0.2, 0.25) is 0 Å². The topological polar surface area (TPSA) is 34.0 Å². The van der Waals surface area contributed by atoms with Crippen LogP contribution in [0, 0.1) is 13.8 Å². The third-order valence-electron chi connectivity index (χ3n) is 4.37. The molecule has 0 bridgehead atoms. The predicted molar refractivity (Wildman–Crippen MR) is 84.2 cm³/mol. The summed E-state index contributed by atoms with van der Waals surface area (Å²) in [5.74, 6) is 0. The first-order chi connectivity index (χ1) is 10.2. The molecule has 1 aliphatic heterocycles. The molecule has 0 saturated carbocycles. The van der Waals surface area contributed by atoms with Crippen LogP contribution in [0.5, 0.6) is 0 Å². The molecule has 2 aromatic heterocycles. The van der Waals surface area contributed by atoms with Gasteiger partial charge >= 0.3 is 0 Å². The molecular formula is C17H24N4. The molecule has 0 spiro atoms. The maximum atomic E-state index is 4.60. The summed E-state index contributed by atoms with van der Waals surface area (Å²) in [6.07, 6.45) is 5.49. The third-order valence-corrected chi connectivity index (χ3v) is 4.37. The molecule has 1 aliphatic rings. The van der Waals surface area contributed by atoms with Crippen molar-refractivity contribution in [2.75, 3.05) is 13.1 Å². The van der Waals surface area contributed by atoms with Crippen molar-refractivity contribution in [3.63, 3.8) is 0 Å². The summed E-state index contributed by atoms with van der Waals surface area (Å²) >= 11 is 0. The molecule has 0 radical (unpaired) electrons. The minimum Gasteiger partial charge on any atom is -0.298 e. The summed E-state index contributed by atoms with van der Waals surface area (Å²) in [5, 5.41) is 4.60. The molecule has 0 aromatic carbocycles. The first-order valence-electron chi connectivity index (χ1n) is 7.87. The minimum absolute atomic E-state index is 0.617. The van der Waals surface area contributed by atoms with Crippen LogP contribution in [0.4, 0.5) is 0 Å². The lowest BCUT2D eigenvalue weighted by molar-refractivity contribution is 0.228. The molecule has 3 rings (SSSR count). The van der Waals surface area contributed by atoms with Gasteiger partial charge in [-0.3, -0.25) is 14.6 Å². The van der Waals surface area contributed by atoms with Gasteiger partial charge in [0, 0.05) is 36.6 Å². The summed E-state index contributed by atoms with van der Waals surface area (Å²) < 4.78 is 2.17. The van der Waals surface area contributed by atoms with E-state index in [0.29, 0.717) is 6.04 Å². The zero-order valence-corrected chi connectivity index (χ0v) is 13.0. The van der Waals surface area contributed by atoms with Gasteiger partial charge in [-0.25, -0.2) is 0 Å². The Balaban J connectivity index is 1.59. The fourth-order valence-corrected chi connectivity index (χ4v) is 3.26. The third kappa shape index (κ3) is 3.50. The van der Waals surface area contributed by atoms with Gasteiger partial charge in [-0.2, -0.15) is 5.10 Å². The molecule has 2 aromatic rings. The maximum Gasteiger partial charge on any atom is 0.0596 e. The van der Waals surface area contributed by atoms with E-state index in [1.54, 1.807) is 0 Å². The molecule has 112 valence electrons. The molecule has 1 saturated heterocycles. The lowest BCUT2D eigenvalue weighted by Crippen LogP contribution is -2.35. The van der Waals surface area contributed by atoms with Crippen molar-refractivity contribution in [3.05, 3.63) is 47.5 Å². The van der Waals surface area contributed by atoms with Crippen LogP contribution in [-0.4, -0.2) is 38.8 Å². The summed E-state index contributed by atoms with van der Waals surface area (Å²) in [7, 11) is 0. The van der Waals surface area contributed by atoms with Crippen molar-refractivity contribution in [1.82, 2.24) is 19.7 Å². The second kappa shape index (κ2) is 6.39. The predicted octanol–water partition coefficient (Wildman–Crippen LogP) is 2.60. The van der Waals surface area contributed by atoms with Gasteiger partial charge in [0.15, 0.2) is 0 Å². The number of likely N-dealkylation sites (tertiary alicyclic amines) is 1. The van der Waals surface area contributed by atoms with E-state index in [1.165, 1.54) is 30.8 Å². The van der Waals surface area contributed by atoms with Crippen LogP contribution in [-0.2, 0) is 13.0 Å². The highest BCUT2D eigenvalue weighted by Gasteiger charge is 2.25. The van der Waals surface area contributed by atoms with Gasteiger partial charge in [0.1, 0.15) is 0 Å². The molecule has 3 heterocycles. The van der Waals surface area contributed by atoms with Crippen LogP contribution in [0.3, 0.4) is 0 Å². The Hall–Kier alpha value is -1.68. The van der Waals surface area contributed by atoms with Gasteiger partial charge in [-0.05, 0) is 51.4 Å². The molecule has 4 heteroatoms. The number of pyridine rings is 1. The summed E-state index contributed by atoms with van der Waals surface area (Å²) in [4.78, 5) is 7.02. The Kier molecular flexibility index (Phi) is 4.34. The number of rotatable bonds is 5. The Morgan fingerprint density at radius 3 is 2.90 bits per heavy atom. The highest BCUT2D eigenvalue weighted by molar-refractivity contribution is 5.07. The largest absolute Gasteiger partial charge is 0.298 e. The number of nitrogens with zero attached hydrogens (tertiary/aromatic N) is 4. The normalized spacial score (nSPS) is 19.2. The van der Waals surface area contributed by atoms with Gasteiger partial charge in [0.25, 0.3) is 0 Å². The fourth-order valence-electron chi connectivity index (χ4n) is 3.26. The number of hydrogen-bond donors (Lipinski definition) is 0. The van der Waals surface area contributed by atoms with Gasteiger partial charge in [0.2, 0.25) is 0 Å². The van der Waals surface area contributed by atoms with Gasteiger partial charge in [-0.1, -0.05) is 6.07 Å². The quantitative estimate of drug-likeness (QED) is 0.846. The Labute approximate surface area is 126 Å². The van der Waals surface area contributed by atoms with Crippen molar-refractivity contribution in [3.8, 4) is 0 Å². The zero-order valence-electron chi connectivity index (χ0n) is 13.0. The van der Waals surface area contributed by atoms with Gasteiger partial charge < -0.3 is 0 Å². The average molecular weight is 284 g/mol. The molecule has 0 amide bonds. The minimum atomic E-state index is 0.617. The Bertz CT molecular complexity index is 576. The van der Waals surface area contributed by atoms with Crippen molar-refractivity contribution in [1.29, 1.82) is 0 Å². The van der Waals surface area contributed by atoms with Gasteiger partial charge in [-0.15, -0.1) is 0 Å². The lowest BCUT2D eigenvalue weighted by atomic mass is 10.2. The van der Waals surface area contributed by atoms with E-state index in [0.717, 1.165) is 25.2 Å². The summed E-state index contributed by atoms with van der Waals surface area (Å²) in [6, 6.07) is 8.94. The van der Waals surface area contributed by atoms with Crippen LogP contribution < -0.4 is 0 Å². The lowest BCUT2D eigenvalue weighted by Gasteiger charge is -2.24. The van der Waals surface area contributed by atoms with Crippen molar-refractivity contribution in [2.45, 2.75) is 45.7 Å². The molecule has 0 N–H and O–H groups in total. The molecule has 1 fully saturated rings. The van der Waals surface area contributed by atoms with E-state index >= 15 is 0 Å². The summed E-state index contributed by atoms with van der Waals surface area (Å²) in [5.41, 5.74) is 3.57. The molecule has 0 unspecified atom stereocenters. The van der Waals surface area contributed by atoms with E-state index in [2.05, 4.69) is 51.7 Å². The molecule has 4 nitrogen and oxygen atoms in total. The van der Waals surface area contributed by atoms with E-state index in [1.807, 2.05) is 12.3 Å². The SMILES string of the molecule is Cc1cc(C)n(C[C@@H]2CCCN2CCc2ccccn2)n1. The van der Waals surface area contributed by atoms with E-state index in [4.69, 9.17) is 0 Å². The van der Waals surface area contributed by atoms with Crippen LogP contribution in [0.15, 0.2) is 30.5 Å². The maximum absolute atomic E-state index is 4.60. The molecule has 0 aliphatic carbocycles. The van der Waals surface area contributed by atoms with E-state index in [-0.39, 0.29) is 0 Å². The number of hydrogen-bond acceptors (Lipinski definition) is 3. The molecule has 21 heavy (non-hydrogen) atoms. The Morgan fingerprint density at radius 2 is 2.19 bits per heavy atom. The van der Waals surface area contributed by atoms with Crippen molar-refractivity contribution < 1.29 is 0 Å². The van der Waals surface area contributed by atoms with Crippen molar-refractivity contribution in [2.24, 2.45) is 0 Å². The smallest absolute Gasteiger partial charge is 0.0596 e. The first-order valence-corrected chi connectivity index (χ1v) is 7.87. The monoisotopic (exact) mass is 284 g/mol. The summed E-state index contributed by atoms with van der Waals surface area (Å²) in [6.45, 7) is 7.53. The standard InChI is InChI=1S/C17H24N4/c1-14-12-15(2)21(19-14)13-17-7-5-10-20(17)11-8-16-6-3-4-9-18-16/h3-4,6,9,12,17H,5,7-8,10-11,13H2,1-2H3/t17-/m0/s1. The highest BCUT2D eigenvalue weighted by Crippen LogP contribution is 2.20. The van der Waals surface area contributed by atoms with Crippen molar-refractivity contribution >= 4 is 0 Å². The fraction of sp³-hybridized carbons (Fsp3) is 0.529. The average Bonchev–Trinajstić information content (AvgIpc) is 3.05. The highest BCUT2D eigenvalue weighted by atomic mass is 15.3. The Morgan fingerprint density at radius 1 is 1.29 bits per heavy atom. The molecular weight excluding hydrogens is 260 g/mol. The van der Waals surface area contributed by atoms with Crippen LogP contribution in [0.25, 0.3) is 0 Å². The number of aryl methyl sites for hydroxylation is 2. The van der Waals surface area contributed by atoms with Gasteiger partial charge in [0.05, 0.1) is 12.2 Å².